The third kappa shape index (κ3) is 6.17. The van der Waals surface area contributed by atoms with Gasteiger partial charge in [-0.1, -0.05) is 12.1 Å². The van der Waals surface area contributed by atoms with Crippen LogP contribution in [0.25, 0.3) is 0 Å². The Bertz CT molecular complexity index is 1140. The lowest BCUT2D eigenvalue weighted by Gasteiger charge is -2.21. The average molecular weight is 477 g/mol. The maximum absolute atomic E-state index is 12.8. The van der Waals surface area contributed by atoms with Crippen molar-refractivity contribution in [2.75, 3.05) is 20.3 Å². The number of para-hydroxylation sites is 1. The first-order chi connectivity index (χ1) is 15.3. The van der Waals surface area contributed by atoms with Crippen LogP contribution in [-0.4, -0.2) is 45.7 Å². The molecule has 0 bridgehead atoms. The van der Waals surface area contributed by atoms with Crippen LogP contribution in [0.5, 0.6) is 17.2 Å². The first-order valence-electron chi connectivity index (χ1n) is 10.8. The van der Waals surface area contributed by atoms with Gasteiger partial charge in [-0.05, 0) is 58.9 Å². The van der Waals surface area contributed by atoms with Gasteiger partial charge in [0.2, 0.25) is 10.0 Å². The fourth-order valence-corrected chi connectivity index (χ4v) is 5.23. The number of hydrogen-bond donors (Lipinski definition) is 2. The number of hydrogen-bond acceptors (Lipinski definition) is 6. The van der Waals surface area contributed by atoms with Crippen LogP contribution < -0.4 is 24.2 Å². The molecule has 33 heavy (non-hydrogen) atoms. The number of carbonyl (C=O) groups is 1. The fourth-order valence-electron chi connectivity index (χ4n) is 3.61. The molecule has 9 heteroatoms. The number of rotatable bonds is 8. The second kappa shape index (κ2) is 9.23. The lowest BCUT2D eigenvalue weighted by molar-refractivity contribution is 0.0946. The predicted octanol–water partition coefficient (Wildman–Crippen LogP) is 3.29. The number of ether oxygens (including phenoxy) is 3. The Labute approximate surface area is 195 Å². The Hall–Kier alpha value is -2.78. The van der Waals surface area contributed by atoms with Gasteiger partial charge in [0.15, 0.2) is 11.5 Å². The van der Waals surface area contributed by atoms with Crippen molar-refractivity contribution in [2.24, 2.45) is 0 Å². The second-order valence-electron chi connectivity index (χ2n) is 9.61. The molecule has 0 atom stereocenters. The second-order valence-corrected chi connectivity index (χ2v) is 11.3. The van der Waals surface area contributed by atoms with E-state index in [0.717, 1.165) is 17.7 Å². The first-order valence-corrected chi connectivity index (χ1v) is 12.2. The number of fused-ring (bicyclic) bond motifs is 1. The molecule has 0 aliphatic carbocycles. The van der Waals surface area contributed by atoms with Crippen LogP contribution in [0.1, 0.15) is 50.5 Å². The molecule has 0 unspecified atom stereocenters. The summed E-state index contributed by atoms with van der Waals surface area (Å²) in [6.07, 6.45) is 0.809. The lowest BCUT2D eigenvalue weighted by Crippen LogP contribution is -2.40. The molecule has 0 saturated heterocycles. The highest BCUT2D eigenvalue weighted by Crippen LogP contribution is 2.41. The number of carbonyl (C=O) groups excluding carboxylic acids is 1. The third-order valence-corrected chi connectivity index (χ3v) is 6.64. The molecule has 0 spiro atoms. The number of nitrogens with one attached hydrogen (secondary N) is 2. The molecule has 0 radical (unpaired) electrons. The summed E-state index contributed by atoms with van der Waals surface area (Å²) >= 11 is 0. The molecule has 0 saturated carbocycles. The van der Waals surface area contributed by atoms with E-state index in [1.54, 1.807) is 20.8 Å². The van der Waals surface area contributed by atoms with Crippen LogP contribution in [0, 0.1) is 0 Å². The van der Waals surface area contributed by atoms with E-state index in [0.29, 0.717) is 5.75 Å². The van der Waals surface area contributed by atoms with Crippen molar-refractivity contribution < 1.29 is 27.4 Å². The van der Waals surface area contributed by atoms with Gasteiger partial charge in [0.25, 0.3) is 5.91 Å². The molecule has 0 aromatic heterocycles. The molecule has 2 aromatic rings. The van der Waals surface area contributed by atoms with Gasteiger partial charge < -0.3 is 19.5 Å². The van der Waals surface area contributed by atoms with Gasteiger partial charge in [0, 0.05) is 23.1 Å². The molecule has 0 fully saturated rings. The minimum Gasteiger partial charge on any atom is -0.495 e. The number of methoxy groups -OCH3 is 1. The average Bonchev–Trinajstić information content (AvgIpc) is 3.03. The summed E-state index contributed by atoms with van der Waals surface area (Å²) in [6, 6.07) is 10.1. The quantitative estimate of drug-likeness (QED) is 0.567. The molecule has 2 N–H and O–H groups in total. The molecule has 1 heterocycles. The van der Waals surface area contributed by atoms with E-state index in [-0.39, 0.29) is 35.0 Å². The molecule has 1 amide bonds. The van der Waals surface area contributed by atoms with Crippen LogP contribution in [0.2, 0.25) is 0 Å². The predicted molar refractivity (Wildman–Crippen MR) is 126 cm³/mol. The summed E-state index contributed by atoms with van der Waals surface area (Å²) < 4.78 is 45.2. The SMILES string of the molecule is COc1ccc(C(=O)NCCOc2cccc3c2OC(C)(C)C3)cc1S(=O)(=O)NC(C)(C)C. The van der Waals surface area contributed by atoms with Crippen LogP contribution in [0.3, 0.4) is 0 Å². The van der Waals surface area contributed by atoms with E-state index >= 15 is 0 Å². The van der Waals surface area contributed by atoms with Gasteiger partial charge >= 0.3 is 0 Å². The normalized spacial score (nSPS) is 14.8. The number of sulfonamides is 1. The standard InChI is InChI=1S/C24H32N2O6S/c1-23(2,3)26-33(28,29)20-14-16(10-11-18(20)30-6)22(27)25-12-13-31-19-9-7-8-17-15-24(4,5)32-21(17)19/h7-11,14,26H,12-13,15H2,1-6H3,(H,25,27). The molecule has 180 valence electrons. The zero-order valence-corrected chi connectivity index (χ0v) is 20.8. The molecule has 2 aromatic carbocycles. The third-order valence-electron chi connectivity index (χ3n) is 4.86. The van der Waals surface area contributed by atoms with Crippen molar-refractivity contribution in [2.45, 2.75) is 57.1 Å². The van der Waals surface area contributed by atoms with Crippen LogP contribution in [-0.2, 0) is 16.4 Å². The molecule has 8 nitrogen and oxygen atoms in total. The van der Waals surface area contributed by atoms with Gasteiger partial charge in [0.05, 0.1) is 13.7 Å². The summed E-state index contributed by atoms with van der Waals surface area (Å²) in [6.45, 7) is 9.74. The zero-order chi connectivity index (χ0) is 24.4. The van der Waals surface area contributed by atoms with E-state index in [4.69, 9.17) is 14.2 Å². The van der Waals surface area contributed by atoms with Crippen LogP contribution >= 0.6 is 0 Å². The highest BCUT2D eigenvalue weighted by Gasteiger charge is 2.32. The van der Waals surface area contributed by atoms with Crippen molar-refractivity contribution in [3.8, 4) is 17.2 Å². The highest BCUT2D eigenvalue weighted by molar-refractivity contribution is 7.89. The number of benzene rings is 2. The topological polar surface area (TPSA) is 103 Å². The van der Waals surface area contributed by atoms with Gasteiger partial charge in [0.1, 0.15) is 22.9 Å². The summed E-state index contributed by atoms with van der Waals surface area (Å²) in [7, 11) is -2.50. The zero-order valence-electron chi connectivity index (χ0n) is 19.9. The smallest absolute Gasteiger partial charge is 0.251 e. The summed E-state index contributed by atoms with van der Waals surface area (Å²) in [5, 5.41) is 2.76. The van der Waals surface area contributed by atoms with Gasteiger partial charge in [-0.2, -0.15) is 0 Å². The Balaban J connectivity index is 1.65. The van der Waals surface area contributed by atoms with Gasteiger partial charge in [-0.3, -0.25) is 4.79 Å². The summed E-state index contributed by atoms with van der Waals surface area (Å²) in [4.78, 5) is 12.6. The lowest BCUT2D eigenvalue weighted by atomic mass is 10.0. The maximum atomic E-state index is 12.8. The molecule has 1 aliphatic heterocycles. The highest BCUT2D eigenvalue weighted by atomic mass is 32.2. The first kappa shape index (κ1) is 24.9. The Morgan fingerprint density at radius 1 is 1.15 bits per heavy atom. The molecular weight excluding hydrogens is 444 g/mol. The maximum Gasteiger partial charge on any atom is 0.251 e. The van der Waals surface area contributed by atoms with Crippen molar-refractivity contribution in [1.82, 2.24) is 10.0 Å². The molecule has 1 aliphatic rings. The fraction of sp³-hybridized carbons (Fsp3) is 0.458. The summed E-state index contributed by atoms with van der Waals surface area (Å²) in [5.74, 6) is 1.13. The van der Waals surface area contributed by atoms with Gasteiger partial charge in [-0.15, -0.1) is 0 Å². The van der Waals surface area contributed by atoms with Gasteiger partial charge in [-0.25, -0.2) is 13.1 Å². The van der Waals surface area contributed by atoms with Crippen LogP contribution in [0.15, 0.2) is 41.3 Å². The van der Waals surface area contributed by atoms with Crippen molar-refractivity contribution in [3.63, 3.8) is 0 Å². The number of amides is 1. The van der Waals surface area contributed by atoms with Crippen molar-refractivity contribution in [1.29, 1.82) is 0 Å². The minimum atomic E-state index is -3.89. The van der Waals surface area contributed by atoms with Crippen molar-refractivity contribution >= 4 is 15.9 Å². The molecule has 3 rings (SSSR count). The Kier molecular flexibility index (Phi) is 6.95. The van der Waals surface area contributed by atoms with Crippen molar-refractivity contribution in [3.05, 3.63) is 47.5 Å². The van der Waals surface area contributed by atoms with E-state index < -0.39 is 21.5 Å². The minimum absolute atomic E-state index is 0.0940. The largest absolute Gasteiger partial charge is 0.495 e. The monoisotopic (exact) mass is 476 g/mol. The Morgan fingerprint density at radius 2 is 1.88 bits per heavy atom. The van der Waals surface area contributed by atoms with Crippen LogP contribution in [0.4, 0.5) is 0 Å². The van der Waals surface area contributed by atoms with E-state index in [2.05, 4.69) is 10.0 Å². The van der Waals surface area contributed by atoms with E-state index in [1.165, 1.54) is 25.3 Å². The Morgan fingerprint density at radius 3 is 2.55 bits per heavy atom. The van der Waals surface area contributed by atoms with E-state index in [1.807, 2.05) is 32.0 Å². The molecular formula is C24H32N2O6S. The van der Waals surface area contributed by atoms with E-state index in [9.17, 15) is 13.2 Å². The summed E-state index contributed by atoms with van der Waals surface area (Å²) in [5.41, 5.74) is 0.341.